The number of hydrogen-bond acceptors (Lipinski definition) is 4. The fourth-order valence-corrected chi connectivity index (χ4v) is 0.512. The zero-order valence-corrected chi connectivity index (χ0v) is 13.3. The van der Waals surface area contributed by atoms with Gasteiger partial charge in [-0.25, -0.2) is 9.59 Å². The Morgan fingerprint density at radius 3 is 1.57 bits per heavy atom. The quantitative estimate of drug-likeness (QED) is 0.588. The maximum atomic E-state index is 10.4. The SMILES string of the molecule is C=C(C)C(=O)OCC.C=C(CC(=O)O)C(=O)O.C=C(Cl)Cl. The largest absolute Gasteiger partial charge is 0.481 e. The maximum absolute atomic E-state index is 10.4. The van der Waals surface area contributed by atoms with Crippen LogP contribution in [0.5, 0.6) is 0 Å². The summed E-state index contributed by atoms with van der Waals surface area (Å²) in [7, 11) is 0. The van der Waals surface area contributed by atoms with Gasteiger partial charge < -0.3 is 14.9 Å². The molecule has 0 spiro atoms. The van der Waals surface area contributed by atoms with Gasteiger partial charge in [-0.05, 0) is 13.8 Å². The van der Waals surface area contributed by atoms with Crippen molar-refractivity contribution in [1.82, 2.24) is 0 Å². The van der Waals surface area contributed by atoms with Gasteiger partial charge in [-0.1, -0.05) is 42.9 Å². The summed E-state index contributed by atoms with van der Waals surface area (Å²) >= 11 is 9.69. The molecule has 0 fully saturated rings. The summed E-state index contributed by atoms with van der Waals surface area (Å²) in [5.74, 6) is -2.76. The minimum Gasteiger partial charge on any atom is -0.481 e. The molecule has 0 aliphatic rings. The lowest BCUT2D eigenvalue weighted by Crippen LogP contribution is -2.04. The van der Waals surface area contributed by atoms with E-state index in [4.69, 9.17) is 33.4 Å². The second-order valence-corrected chi connectivity index (χ2v) is 4.42. The summed E-state index contributed by atoms with van der Waals surface area (Å²) in [6.45, 7) is 13.3. The molecule has 0 aromatic heterocycles. The van der Waals surface area contributed by atoms with Crippen LogP contribution in [0, 0.1) is 0 Å². The van der Waals surface area contributed by atoms with Gasteiger partial charge in [-0.15, -0.1) is 0 Å². The van der Waals surface area contributed by atoms with Gasteiger partial charge in [0.1, 0.15) is 0 Å². The number of carboxylic acid groups (broad SMARTS) is 2. The van der Waals surface area contributed by atoms with Gasteiger partial charge in [0.05, 0.1) is 17.5 Å². The first-order valence-corrected chi connectivity index (χ1v) is 6.16. The normalized spacial score (nSPS) is 8.00. The summed E-state index contributed by atoms with van der Waals surface area (Å²) in [4.78, 5) is 30.1. The van der Waals surface area contributed by atoms with E-state index in [-0.39, 0.29) is 16.0 Å². The Morgan fingerprint density at radius 1 is 1.10 bits per heavy atom. The van der Waals surface area contributed by atoms with E-state index in [1.807, 2.05) is 0 Å². The molecule has 0 aromatic rings. The van der Waals surface area contributed by atoms with E-state index in [9.17, 15) is 14.4 Å². The third-order valence-electron chi connectivity index (χ3n) is 1.29. The Hall–Kier alpha value is -1.79. The van der Waals surface area contributed by atoms with Gasteiger partial charge in [0.2, 0.25) is 0 Å². The lowest BCUT2D eigenvalue weighted by molar-refractivity contribution is -0.139. The van der Waals surface area contributed by atoms with Crippen LogP contribution in [0.1, 0.15) is 20.3 Å². The number of halogens is 2. The Morgan fingerprint density at radius 2 is 1.48 bits per heavy atom. The first-order chi connectivity index (χ1) is 9.45. The third kappa shape index (κ3) is 27.4. The van der Waals surface area contributed by atoms with Crippen molar-refractivity contribution in [3.8, 4) is 0 Å². The zero-order valence-electron chi connectivity index (χ0n) is 11.8. The van der Waals surface area contributed by atoms with Crippen molar-refractivity contribution in [3.63, 3.8) is 0 Å². The molecular formula is C13H18Cl2O6. The molecule has 6 nitrogen and oxygen atoms in total. The van der Waals surface area contributed by atoms with Crippen LogP contribution in [0.3, 0.4) is 0 Å². The minimum atomic E-state index is -1.27. The van der Waals surface area contributed by atoms with Crippen LogP contribution in [0.2, 0.25) is 0 Å². The van der Waals surface area contributed by atoms with Crippen molar-refractivity contribution in [2.45, 2.75) is 20.3 Å². The number of hydrogen-bond donors (Lipinski definition) is 2. The molecule has 0 amide bonds. The summed E-state index contributed by atoms with van der Waals surface area (Å²) in [5, 5.41) is 16.1. The number of carbonyl (C=O) groups excluding carboxylic acids is 1. The van der Waals surface area contributed by atoms with E-state index in [1.165, 1.54) is 0 Å². The van der Waals surface area contributed by atoms with Crippen LogP contribution < -0.4 is 0 Å². The second-order valence-electron chi connectivity index (χ2n) is 3.32. The number of carboxylic acids is 2. The predicted octanol–water partition coefficient (Wildman–Crippen LogP) is 3.16. The van der Waals surface area contributed by atoms with Crippen LogP contribution in [0.25, 0.3) is 0 Å². The number of ether oxygens (including phenoxy) is 1. The van der Waals surface area contributed by atoms with Crippen molar-refractivity contribution >= 4 is 41.1 Å². The molecule has 0 aliphatic heterocycles. The van der Waals surface area contributed by atoms with Gasteiger partial charge in [-0.2, -0.15) is 0 Å². The Kier molecular flexibility index (Phi) is 16.9. The third-order valence-corrected chi connectivity index (χ3v) is 1.29. The summed E-state index contributed by atoms with van der Waals surface area (Å²) in [6, 6.07) is 0. The molecule has 0 atom stereocenters. The number of aliphatic carboxylic acids is 2. The summed E-state index contributed by atoms with van der Waals surface area (Å²) in [5.41, 5.74) is 0.148. The van der Waals surface area contributed by atoms with E-state index in [2.05, 4.69) is 24.5 Å². The highest BCUT2D eigenvalue weighted by Gasteiger charge is 2.07. The first kappa shape index (κ1) is 24.2. The smallest absolute Gasteiger partial charge is 0.333 e. The molecule has 0 rings (SSSR count). The molecule has 2 N–H and O–H groups in total. The maximum Gasteiger partial charge on any atom is 0.333 e. The lowest BCUT2D eigenvalue weighted by atomic mass is 10.2. The molecule has 0 aliphatic carbocycles. The van der Waals surface area contributed by atoms with Crippen LogP contribution in [0.15, 0.2) is 35.4 Å². The lowest BCUT2D eigenvalue weighted by Gasteiger charge is -1.96. The monoisotopic (exact) mass is 340 g/mol. The average Bonchev–Trinajstić information content (AvgIpc) is 2.28. The van der Waals surface area contributed by atoms with Gasteiger partial charge >= 0.3 is 17.9 Å². The molecule has 0 aromatic carbocycles. The molecule has 120 valence electrons. The van der Waals surface area contributed by atoms with Crippen molar-refractivity contribution < 1.29 is 29.3 Å². The van der Waals surface area contributed by atoms with E-state index in [0.717, 1.165) is 0 Å². The van der Waals surface area contributed by atoms with E-state index in [0.29, 0.717) is 12.2 Å². The summed E-state index contributed by atoms with van der Waals surface area (Å²) in [6.07, 6.45) is -0.505. The fourth-order valence-electron chi connectivity index (χ4n) is 0.512. The molecule has 0 unspecified atom stereocenters. The van der Waals surface area contributed by atoms with Crippen molar-refractivity contribution in [2.24, 2.45) is 0 Å². The second kappa shape index (κ2) is 14.6. The number of carbonyl (C=O) groups is 3. The molecule has 0 heterocycles. The molecular weight excluding hydrogens is 323 g/mol. The van der Waals surface area contributed by atoms with Crippen molar-refractivity contribution in [3.05, 3.63) is 35.4 Å². The molecule has 0 saturated heterocycles. The van der Waals surface area contributed by atoms with Crippen LogP contribution in [0.4, 0.5) is 0 Å². The first-order valence-electron chi connectivity index (χ1n) is 5.41. The molecule has 8 heteroatoms. The number of rotatable bonds is 5. The van der Waals surface area contributed by atoms with E-state index in [1.54, 1.807) is 13.8 Å². The standard InChI is InChI=1S/C6H10O2.C5H6O4.C2H2Cl2/c1-4-8-6(7)5(2)3;1-3(5(8)9)2-4(6)7;1-2(3)4/h2,4H2,1,3H3;1-2H2,(H,6,7)(H,8,9);1H2. The molecule has 0 radical (unpaired) electrons. The number of esters is 1. The Labute approximate surface area is 133 Å². The van der Waals surface area contributed by atoms with Crippen molar-refractivity contribution in [2.75, 3.05) is 6.61 Å². The molecule has 21 heavy (non-hydrogen) atoms. The Balaban J connectivity index is -0.000000249. The predicted molar refractivity (Wildman–Crippen MR) is 81.3 cm³/mol. The molecule has 0 bridgehead atoms. The van der Waals surface area contributed by atoms with Gasteiger partial charge in [0, 0.05) is 11.1 Å². The summed E-state index contributed by atoms with van der Waals surface area (Å²) < 4.78 is 4.68. The minimum absolute atomic E-state index is 0.111. The van der Waals surface area contributed by atoms with E-state index >= 15 is 0 Å². The average molecular weight is 341 g/mol. The van der Waals surface area contributed by atoms with Crippen LogP contribution in [-0.4, -0.2) is 34.7 Å². The van der Waals surface area contributed by atoms with Gasteiger partial charge in [0.25, 0.3) is 0 Å². The van der Waals surface area contributed by atoms with Gasteiger partial charge in [-0.3, -0.25) is 4.79 Å². The van der Waals surface area contributed by atoms with Crippen LogP contribution >= 0.6 is 23.2 Å². The highest BCUT2D eigenvalue weighted by Crippen LogP contribution is 1.98. The topological polar surface area (TPSA) is 101 Å². The van der Waals surface area contributed by atoms with E-state index < -0.39 is 18.4 Å². The molecule has 0 saturated carbocycles. The van der Waals surface area contributed by atoms with Crippen molar-refractivity contribution in [1.29, 1.82) is 0 Å². The Bertz CT molecular complexity index is 411. The van der Waals surface area contributed by atoms with Gasteiger partial charge in [0.15, 0.2) is 0 Å². The zero-order chi connectivity index (χ0) is 17.6. The van der Waals surface area contributed by atoms with Crippen LogP contribution in [-0.2, 0) is 19.1 Å². The highest BCUT2D eigenvalue weighted by molar-refractivity contribution is 6.55. The fraction of sp³-hybridized carbons (Fsp3) is 0.308. The highest BCUT2D eigenvalue weighted by atomic mass is 35.5.